The SMILES string of the molecule is COc1c(Cl)cc(P(OCc2ccccc2)c2ccccc2)cc1C=O.[LiH]. The summed E-state index contributed by atoms with van der Waals surface area (Å²) in [6, 6.07) is 23.6. The molecule has 0 N–H and O–H groups in total. The monoisotopic (exact) mass is 392 g/mol. The van der Waals surface area contributed by atoms with E-state index in [4.69, 9.17) is 20.9 Å². The Morgan fingerprint density at radius 3 is 2.19 bits per heavy atom. The number of methoxy groups -OCH3 is 1. The zero-order chi connectivity index (χ0) is 18.4. The van der Waals surface area contributed by atoms with Crippen molar-refractivity contribution in [1.29, 1.82) is 0 Å². The molecule has 0 radical (unpaired) electrons. The summed E-state index contributed by atoms with van der Waals surface area (Å²) in [6.45, 7) is 0.474. The van der Waals surface area contributed by atoms with Gasteiger partial charge in [-0.05, 0) is 17.7 Å². The number of aldehydes is 1. The van der Waals surface area contributed by atoms with Gasteiger partial charge in [0.1, 0.15) is 5.75 Å². The molecule has 0 saturated heterocycles. The Bertz CT molecular complexity index is 875. The van der Waals surface area contributed by atoms with Gasteiger partial charge < -0.3 is 9.26 Å². The van der Waals surface area contributed by atoms with Crippen LogP contribution in [0.5, 0.6) is 5.75 Å². The average molecular weight is 393 g/mol. The van der Waals surface area contributed by atoms with Crippen LogP contribution in [0.15, 0.2) is 72.8 Å². The predicted octanol–water partition coefficient (Wildman–Crippen LogP) is 4.08. The van der Waals surface area contributed by atoms with Gasteiger partial charge in [0, 0.05) is 10.6 Å². The van der Waals surface area contributed by atoms with Gasteiger partial charge in [0.15, 0.2) is 6.29 Å². The van der Waals surface area contributed by atoms with Gasteiger partial charge in [0.05, 0.1) is 32.5 Å². The molecule has 0 bridgehead atoms. The second-order valence-electron chi connectivity index (χ2n) is 5.56. The van der Waals surface area contributed by atoms with E-state index < -0.39 is 8.15 Å². The van der Waals surface area contributed by atoms with Crippen LogP contribution < -0.4 is 15.3 Å². The summed E-state index contributed by atoms with van der Waals surface area (Å²) in [5.41, 5.74) is 1.51. The van der Waals surface area contributed by atoms with Crippen molar-refractivity contribution >= 4 is 55.5 Å². The molecule has 27 heavy (non-hydrogen) atoms. The minimum absolute atomic E-state index is 0. The molecule has 0 aliphatic rings. The average Bonchev–Trinajstić information content (AvgIpc) is 2.69. The maximum atomic E-state index is 11.5. The molecule has 0 spiro atoms. The molecule has 0 aliphatic heterocycles. The molecule has 0 aromatic heterocycles. The maximum absolute atomic E-state index is 11.5. The Labute approximate surface area is 177 Å². The van der Waals surface area contributed by atoms with Gasteiger partial charge in [-0.3, -0.25) is 4.79 Å². The summed E-state index contributed by atoms with van der Waals surface area (Å²) in [7, 11) is 0.371. The van der Waals surface area contributed by atoms with Crippen LogP contribution in [0, 0.1) is 0 Å². The molecular formula is C21H19ClLiO3P. The summed E-state index contributed by atoms with van der Waals surface area (Å²) < 4.78 is 11.5. The summed E-state index contributed by atoms with van der Waals surface area (Å²) in [5.74, 6) is 0.386. The van der Waals surface area contributed by atoms with E-state index in [1.807, 2.05) is 66.7 Å². The number of benzene rings is 3. The molecule has 0 aliphatic carbocycles. The van der Waals surface area contributed by atoms with Crippen molar-refractivity contribution in [3.63, 3.8) is 0 Å². The van der Waals surface area contributed by atoms with Crippen molar-refractivity contribution in [2.24, 2.45) is 0 Å². The number of halogens is 1. The van der Waals surface area contributed by atoms with E-state index in [-0.39, 0.29) is 18.9 Å². The molecule has 3 rings (SSSR count). The Morgan fingerprint density at radius 1 is 0.963 bits per heavy atom. The number of carbonyl (C=O) groups excluding carboxylic acids is 1. The van der Waals surface area contributed by atoms with Gasteiger partial charge in [-0.1, -0.05) is 72.3 Å². The van der Waals surface area contributed by atoms with Crippen LogP contribution >= 0.6 is 19.7 Å². The van der Waals surface area contributed by atoms with E-state index in [0.29, 0.717) is 22.9 Å². The zero-order valence-corrected chi connectivity index (χ0v) is 15.9. The van der Waals surface area contributed by atoms with E-state index >= 15 is 0 Å². The Kier molecular flexibility index (Phi) is 8.57. The Morgan fingerprint density at radius 2 is 1.59 bits per heavy atom. The van der Waals surface area contributed by atoms with Crippen molar-refractivity contribution in [1.82, 2.24) is 0 Å². The fourth-order valence-electron chi connectivity index (χ4n) is 2.59. The van der Waals surface area contributed by atoms with Crippen LogP contribution in [0.25, 0.3) is 0 Å². The molecule has 3 aromatic carbocycles. The van der Waals surface area contributed by atoms with Gasteiger partial charge in [-0.15, -0.1) is 0 Å². The topological polar surface area (TPSA) is 35.5 Å². The number of hydrogen-bond donors (Lipinski definition) is 0. The molecule has 6 heteroatoms. The van der Waals surface area contributed by atoms with E-state index in [2.05, 4.69) is 0 Å². The molecule has 0 fully saturated rings. The van der Waals surface area contributed by atoms with Crippen molar-refractivity contribution < 1.29 is 14.1 Å². The number of hydrogen-bond acceptors (Lipinski definition) is 3. The number of rotatable bonds is 7. The normalized spacial score (nSPS) is 11.3. The second-order valence-corrected chi connectivity index (χ2v) is 7.84. The standard InChI is InChI=1S/C21H18ClO3P.Li.H/c1-24-21-17(14-23)12-19(13-20(21)22)26(18-10-6-3-7-11-18)25-15-16-8-4-2-5-9-16;;/h2-14H,15H2,1H3;;. The number of carbonyl (C=O) groups is 1. The molecule has 134 valence electrons. The molecule has 3 aromatic rings. The minimum atomic E-state index is -1.13. The van der Waals surface area contributed by atoms with Gasteiger partial charge in [-0.25, -0.2) is 0 Å². The van der Waals surface area contributed by atoms with Crippen LogP contribution in [-0.2, 0) is 11.1 Å². The fourth-order valence-corrected chi connectivity index (χ4v) is 4.79. The van der Waals surface area contributed by atoms with Gasteiger partial charge in [0.25, 0.3) is 0 Å². The van der Waals surface area contributed by atoms with E-state index in [0.717, 1.165) is 22.5 Å². The summed E-state index contributed by atoms with van der Waals surface area (Å²) >= 11 is 6.33. The van der Waals surface area contributed by atoms with Crippen LogP contribution in [0.1, 0.15) is 15.9 Å². The third kappa shape index (κ3) is 5.45. The first-order valence-electron chi connectivity index (χ1n) is 8.07. The first-order chi connectivity index (χ1) is 12.7. The van der Waals surface area contributed by atoms with Crippen LogP contribution in [0.4, 0.5) is 0 Å². The molecular weight excluding hydrogens is 374 g/mol. The van der Waals surface area contributed by atoms with E-state index in [1.54, 1.807) is 6.07 Å². The van der Waals surface area contributed by atoms with Crippen LogP contribution in [0.3, 0.4) is 0 Å². The number of ether oxygens (including phenoxy) is 1. The van der Waals surface area contributed by atoms with Crippen LogP contribution in [0.2, 0.25) is 5.02 Å². The van der Waals surface area contributed by atoms with Gasteiger partial charge in [0.2, 0.25) is 0 Å². The van der Waals surface area contributed by atoms with Crippen molar-refractivity contribution in [2.45, 2.75) is 6.61 Å². The molecule has 0 saturated carbocycles. The fraction of sp³-hybridized carbons (Fsp3) is 0.0952. The van der Waals surface area contributed by atoms with E-state index in [9.17, 15) is 4.79 Å². The van der Waals surface area contributed by atoms with Crippen molar-refractivity contribution in [3.8, 4) is 5.75 Å². The van der Waals surface area contributed by atoms with Gasteiger partial charge >= 0.3 is 18.9 Å². The predicted molar refractivity (Wildman–Crippen MR) is 114 cm³/mol. The zero-order valence-electron chi connectivity index (χ0n) is 14.3. The first-order valence-corrected chi connectivity index (χ1v) is 9.71. The second kappa shape index (κ2) is 10.7. The summed E-state index contributed by atoms with van der Waals surface area (Å²) in [5, 5.41) is 2.32. The van der Waals surface area contributed by atoms with Crippen molar-refractivity contribution in [2.75, 3.05) is 7.11 Å². The summed E-state index contributed by atoms with van der Waals surface area (Å²) in [4.78, 5) is 11.5. The molecule has 0 heterocycles. The third-order valence-electron chi connectivity index (χ3n) is 3.82. The van der Waals surface area contributed by atoms with E-state index in [1.165, 1.54) is 7.11 Å². The summed E-state index contributed by atoms with van der Waals surface area (Å²) in [6.07, 6.45) is 0.754. The Balaban J connectivity index is 0.00000261. The molecule has 0 amide bonds. The quantitative estimate of drug-likeness (QED) is 0.345. The molecule has 3 nitrogen and oxygen atoms in total. The van der Waals surface area contributed by atoms with Crippen LogP contribution in [-0.4, -0.2) is 32.3 Å². The third-order valence-corrected chi connectivity index (χ3v) is 5.98. The van der Waals surface area contributed by atoms with Crippen molar-refractivity contribution in [3.05, 3.63) is 88.9 Å². The Hall–Kier alpha value is -1.59. The first kappa shape index (κ1) is 21.7. The van der Waals surface area contributed by atoms with Gasteiger partial charge in [-0.2, -0.15) is 0 Å². The molecule has 1 atom stereocenters. The molecule has 1 unspecified atom stereocenters.